The second kappa shape index (κ2) is 11.4. The van der Waals surface area contributed by atoms with Gasteiger partial charge in [0.2, 0.25) is 0 Å². The average molecular weight is 554 g/mol. The van der Waals surface area contributed by atoms with Crippen LogP contribution in [0.4, 0.5) is 16.2 Å². The first-order chi connectivity index (χ1) is 18.2. The second-order valence-electron chi connectivity index (χ2n) is 8.13. The fourth-order valence-corrected chi connectivity index (χ4v) is 4.06. The van der Waals surface area contributed by atoms with E-state index in [1.807, 2.05) is 6.92 Å². The van der Waals surface area contributed by atoms with Crippen molar-refractivity contribution in [3.63, 3.8) is 0 Å². The van der Waals surface area contributed by atoms with E-state index in [2.05, 4.69) is 10.6 Å². The van der Waals surface area contributed by atoms with Crippen LogP contribution in [0.2, 0.25) is 10.0 Å². The van der Waals surface area contributed by atoms with E-state index >= 15 is 0 Å². The lowest BCUT2D eigenvalue weighted by Crippen LogP contribution is -2.54. The number of carbonyl (C=O) groups excluding carboxylic acids is 4. The quantitative estimate of drug-likeness (QED) is 0.314. The predicted molar refractivity (Wildman–Crippen MR) is 144 cm³/mol. The highest BCUT2D eigenvalue weighted by Gasteiger charge is 2.36. The molecule has 9 nitrogen and oxygen atoms in total. The van der Waals surface area contributed by atoms with Crippen molar-refractivity contribution in [2.24, 2.45) is 0 Å². The molecular weight excluding hydrogens is 533 g/mol. The molecule has 0 radical (unpaired) electrons. The minimum atomic E-state index is -0.853. The Morgan fingerprint density at radius 1 is 1.03 bits per heavy atom. The molecule has 11 heteroatoms. The zero-order valence-electron chi connectivity index (χ0n) is 20.2. The average Bonchev–Trinajstić information content (AvgIpc) is 2.88. The number of para-hydroxylation sites is 1. The molecule has 0 atom stereocenters. The number of anilines is 2. The number of methoxy groups -OCH3 is 1. The van der Waals surface area contributed by atoms with Gasteiger partial charge < -0.3 is 14.8 Å². The molecule has 1 fully saturated rings. The molecule has 3 aromatic rings. The summed E-state index contributed by atoms with van der Waals surface area (Å²) in [6, 6.07) is 15.4. The van der Waals surface area contributed by atoms with E-state index in [1.165, 1.54) is 25.3 Å². The van der Waals surface area contributed by atoms with E-state index in [0.29, 0.717) is 22.0 Å². The van der Waals surface area contributed by atoms with Crippen LogP contribution < -0.4 is 25.0 Å². The Hall–Kier alpha value is -4.34. The summed E-state index contributed by atoms with van der Waals surface area (Å²) < 4.78 is 11.0. The summed E-state index contributed by atoms with van der Waals surface area (Å²) in [5.74, 6) is -1.85. The molecule has 194 valence electrons. The number of imide groups is 2. The summed E-state index contributed by atoms with van der Waals surface area (Å²) in [4.78, 5) is 51.1. The highest BCUT2D eigenvalue weighted by atomic mass is 35.5. The highest BCUT2D eigenvalue weighted by Crippen LogP contribution is 2.37. The molecule has 2 N–H and O–H groups in total. The van der Waals surface area contributed by atoms with Gasteiger partial charge in [0.1, 0.15) is 5.57 Å². The maximum Gasteiger partial charge on any atom is 0.335 e. The van der Waals surface area contributed by atoms with Crippen LogP contribution >= 0.6 is 23.2 Å². The SMILES string of the molecule is COc1cc(/C=C2/C(=O)NC(=O)N(c3ccccc3)C2=O)cc(Cl)c1OCC(=O)Nc1ccc(C)c(Cl)c1. The number of halogens is 2. The molecule has 1 saturated heterocycles. The van der Waals surface area contributed by atoms with Gasteiger partial charge in [-0.3, -0.25) is 19.7 Å². The van der Waals surface area contributed by atoms with Gasteiger partial charge in [-0.25, -0.2) is 9.69 Å². The third-order valence-electron chi connectivity index (χ3n) is 5.48. The number of urea groups is 1. The number of barbiturate groups is 1. The Morgan fingerprint density at radius 3 is 2.45 bits per heavy atom. The number of nitrogens with zero attached hydrogens (tertiary/aromatic N) is 1. The molecule has 4 rings (SSSR count). The fraction of sp³-hybridized carbons (Fsp3) is 0.111. The number of carbonyl (C=O) groups is 4. The lowest BCUT2D eigenvalue weighted by Gasteiger charge is -2.26. The number of hydrogen-bond acceptors (Lipinski definition) is 6. The first kappa shape index (κ1) is 26.7. The van der Waals surface area contributed by atoms with Crippen LogP contribution in [-0.2, 0) is 14.4 Å². The molecule has 0 aliphatic carbocycles. The minimum Gasteiger partial charge on any atom is -0.493 e. The Labute approximate surface area is 227 Å². The van der Waals surface area contributed by atoms with Crippen LogP contribution in [-0.4, -0.2) is 37.5 Å². The van der Waals surface area contributed by atoms with Gasteiger partial charge in [-0.1, -0.05) is 47.5 Å². The van der Waals surface area contributed by atoms with E-state index < -0.39 is 23.8 Å². The molecule has 3 aromatic carbocycles. The van der Waals surface area contributed by atoms with Crippen molar-refractivity contribution in [1.29, 1.82) is 0 Å². The van der Waals surface area contributed by atoms with Crippen molar-refractivity contribution in [3.8, 4) is 11.5 Å². The summed E-state index contributed by atoms with van der Waals surface area (Å²) in [5, 5.41) is 5.42. The number of nitrogens with one attached hydrogen (secondary N) is 2. The molecule has 38 heavy (non-hydrogen) atoms. The van der Waals surface area contributed by atoms with Crippen molar-refractivity contribution in [2.75, 3.05) is 23.9 Å². The lowest BCUT2D eigenvalue weighted by atomic mass is 10.1. The molecule has 1 aliphatic heterocycles. The molecule has 0 spiro atoms. The van der Waals surface area contributed by atoms with Crippen molar-refractivity contribution in [3.05, 3.63) is 87.4 Å². The molecule has 0 aromatic heterocycles. The first-order valence-electron chi connectivity index (χ1n) is 11.2. The van der Waals surface area contributed by atoms with Gasteiger partial charge in [-0.2, -0.15) is 0 Å². The number of ether oxygens (including phenoxy) is 2. The number of benzene rings is 3. The Morgan fingerprint density at radius 2 is 1.76 bits per heavy atom. The Balaban J connectivity index is 1.54. The van der Waals surface area contributed by atoms with Gasteiger partial charge in [0, 0.05) is 10.7 Å². The van der Waals surface area contributed by atoms with Gasteiger partial charge in [-0.15, -0.1) is 0 Å². The van der Waals surface area contributed by atoms with E-state index in [1.54, 1.807) is 48.5 Å². The van der Waals surface area contributed by atoms with Gasteiger partial charge in [-0.05, 0) is 60.5 Å². The van der Waals surface area contributed by atoms with Crippen molar-refractivity contribution >= 4 is 64.4 Å². The van der Waals surface area contributed by atoms with Crippen LogP contribution in [0.25, 0.3) is 6.08 Å². The minimum absolute atomic E-state index is 0.0713. The maximum absolute atomic E-state index is 13.1. The third kappa shape index (κ3) is 5.80. The van der Waals surface area contributed by atoms with Gasteiger partial charge in [0.05, 0.1) is 17.8 Å². The third-order valence-corrected chi connectivity index (χ3v) is 6.17. The van der Waals surface area contributed by atoms with E-state index in [4.69, 9.17) is 32.7 Å². The smallest absolute Gasteiger partial charge is 0.335 e. The fourth-order valence-electron chi connectivity index (χ4n) is 3.60. The second-order valence-corrected chi connectivity index (χ2v) is 8.94. The van der Waals surface area contributed by atoms with Gasteiger partial charge in [0.15, 0.2) is 18.1 Å². The maximum atomic E-state index is 13.1. The van der Waals surface area contributed by atoms with Crippen molar-refractivity contribution in [2.45, 2.75) is 6.92 Å². The molecule has 1 heterocycles. The number of hydrogen-bond donors (Lipinski definition) is 2. The molecule has 0 saturated carbocycles. The van der Waals surface area contributed by atoms with E-state index in [0.717, 1.165) is 10.5 Å². The predicted octanol–water partition coefficient (Wildman–Crippen LogP) is 4.99. The zero-order valence-corrected chi connectivity index (χ0v) is 21.7. The lowest BCUT2D eigenvalue weighted by molar-refractivity contribution is -0.122. The summed E-state index contributed by atoms with van der Waals surface area (Å²) in [5.41, 5.74) is 1.74. The Bertz CT molecular complexity index is 1470. The van der Waals surface area contributed by atoms with Crippen LogP contribution in [0.15, 0.2) is 66.2 Å². The normalized spacial score (nSPS) is 14.4. The zero-order chi connectivity index (χ0) is 27.4. The molecule has 0 bridgehead atoms. The van der Waals surface area contributed by atoms with Crippen LogP contribution in [0.3, 0.4) is 0 Å². The van der Waals surface area contributed by atoms with Crippen LogP contribution in [0, 0.1) is 6.92 Å². The van der Waals surface area contributed by atoms with E-state index in [-0.39, 0.29) is 28.7 Å². The van der Waals surface area contributed by atoms with Crippen molar-refractivity contribution in [1.82, 2.24) is 5.32 Å². The van der Waals surface area contributed by atoms with E-state index in [9.17, 15) is 19.2 Å². The monoisotopic (exact) mass is 553 g/mol. The molecule has 1 aliphatic rings. The number of rotatable bonds is 7. The first-order valence-corrected chi connectivity index (χ1v) is 12.0. The van der Waals surface area contributed by atoms with Crippen LogP contribution in [0.5, 0.6) is 11.5 Å². The number of aryl methyl sites for hydroxylation is 1. The molecular formula is C27H21Cl2N3O6. The van der Waals surface area contributed by atoms with Gasteiger partial charge in [0.25, 0.3) is 17.7 Å². The Kier molecular flexibility index (Phi) is 7.99. The molecule has 0 unspecified atom stereocenters. The highest BCUT2D eigenvalue weighted by molar-refractivity contribution is 6.39. The summed E-state index contributed by atoms with van der Waals surface area (Å²) >= 11 is 12.5. The molecule has 5 amide bonds. The standard InChI is InChI=1S/C27H21Cl2N3O6/c1-15-8-9-17(13-20(15)28)30-23(33)14-38-24-21(29)11-16(12-22(24)37-2)10-19-25(34)31-27(36)32(26(19)35)18-6-4-3-5-7-18/h3-13H,14H2,1-2H3,(H,30,33)(H,31,34,36)/b19-10-. The summed E-state index contributed by atoms with van der Waals surface area (Å²) in [7, 11) is 1.37. The number of amides is 5. The van der Waals surface area contributed by atoms with Crippen LogP contribution in [0.1, 0.15) is 11.1 Å². The van der Waals surface area contributed by atoms with Gasteiger partial charge >= 0.3 is 6.03 Å². The largest absolute Gasteiger partial charge is 0.493 e. The summed E-state index contributed by atoms with van der Waals surface area (Å²) in [6.45, 7) is 1.47. The topological polar surface area (TPSA) is 114 Å². The summed E-state index contributed by atoms with van der Waals surface area (Å²) in [6.07, 6.45) is 1.28. The van der Waals surface area contributed by atoms with Crippen molar-refractivity contribution < 1.29 is 28.7 Å².